The van der Waals surface area contributed by atoms with Crippen LogP contribution in [0.4, 0.5) is 4.79 Å². The second-order valence-electron chi connectivity index (χ2n) is 4.35. The SMILES string of the molecule is CCc1ccc(-c2cccc(OC(=O)O)c2C)cc1. The van der Waals surface area contributed by atoms with Gasteiger partial charge < -0.3 is 9.84 Å². The van der Waals surface area contributed by atoms with E-state index in [0.717, 1.165) is 23.1 Å². The molecule has 0 heterocycles. The van der Waals surface area contributed by atoms with Gasteiger partial charge >= 0.3 is 6.16 Å². The molecule has 0 atom stereocenters. The highest BCUT2D eigenvalue weighted by atomic mass is 16.7. The summed E-state index contributed by atoms with van der Waals surface area (Å²) in [5.41, 5.74) is 4.15. The van der Waals surface area contributed by atoms with E-state index in [2.05, 4.69) is 19.1 Å². The summed E-state index contributed by atoms with van der Waals surface area (Å²) in [6, 6.07) is 13.7. The lowest BCUT2D eigenvalue weighted by Gasteiger charge is -2.10. The van der Waals surface area contributed by atoms with Crippen molar-refractivity contribution in [3.05, 3.63) is 53.6 Å². The van der Waals surface area contributed by atoms with Crippen LogP contribution >= 0.6 is 0 Å². The highest BCUT2D eigenvalue weighted by molar-refractivity contribution is 5.72. The summed E-state index contributed by atoms with van der Waals surface area (Å²) in [6.45, 7) is 3.98. The first-order valence-electron chi connectivity index (χ1n) is 6.21. The van der Waals surface area contributed by atoms with E-state index in [9.17, 15) is 4.79 Å². The Labute approximate surface area is 112 Å². The average Bonchev–Trinajstić information content (AvgIpc) is 2.41. The number of ether oxygens (including phenoxy) is 1. The van der Waals surface area contributed by atoms with Crippen LogP contribution in [0, 0.1) is 6.92 Å². The van der Waals surface area contributed by atoms with Crippen molar-refractivity contribution < 1.29 is 14.6 Å². The maximum absolute atomic E-state index is 10.6. The molecular formula is C16H16O3. The molecule has 0 amide bonds. The van der Waals surface area contributed by atoms with Gasteiger partial charge in [-0.2, -0.15) is 0 Å². The van der Waals surface area contributed by atoms with Crippen molar-refractivity contribution in [2.45, 2.75) is 20.3 Å². The van der Waals surface area contributed by atoms with E-state index in [1.165, 1.54) is 5.56 Å². The lowest BCUT2D eigenvalue weighted by molar-refractivity contribution is 0.144. The van der Waals surface area contributed by atoms with Crippen LogP contribution < -0.4 is 4.74 Å². The second kappa shape index (κ2) is 5.57. The molecule has 2 aromatic carbocycles. The molecule has 0 spiro atoms. The molecule has 3 nitrogen and oxygen atoms in total. The van der Waals surface area contributed by atoms with Crippen molar-refractivity contribution in [2.75, 3.05) is 0 Å². The van der Waals surface area contributed by atoms with E-state index in [-0.39, 0.29) is 0 Å². The van der Waals surface area contributed by atoms with Crippen LogP contribution in [0.3, 0.4) is 0 Å². The van der Waals surface area contributed by atoms with Crippen LogP contribution in [0.2, 0.25) is 0 Å². The van der Waals surface area contributed by atoms with Gasteiger partial charge in [-0.25, -0.2) is 4.79 Å². The number of carbonyl (C=O) groups is 1. The summed E-state index contributed by atoms with van der Waals surface area (Å²) in [6.07, 6.45) is -0.289. The molecule has 0 saturated heterocycles. The first-order chi connectivity index (χ1) is 9.11. The second-order valence-corrected chi connectivity index (χ2v) is 4.35. The summed E-state index contributed by atoms with van der Waals surface area (Å²) in [5.74, 6) is 0.379. The number of hydrogen-bond acceptors (Lipinski definition) is 2. The van der Waals surface area contributed by atoms with E-state index >= 15 is 0 Å². The van der Waals surface area contributed by atoms with Crippen molar-refractivity contribution in [3.8, 4) is 16.9 Å². The Bertz CT molecular complexity index is 585. The van der Waals surface area contributed by atoms with Gasteiger partial charge in [-0.15, -0.1) is 0 Å². The molecule has 1 N–H and O–H groups in total. The number of rotatable bonds is 3. The molecule has 0 bridgehead atoms. The Morgan fingerprint density at radius 3 is 2.42 bits per heavy atom. The summed E-state index contributed by atoms with van der Waals surface area (Å²) < 4.78 is 4.77. The van der Waals surface area contributed by atoms with E-state index in [0.29, 0.717) is 5.75 Å². The summed E-state index contributed by atoms with van der Waals surface area (Å²) in [4.78, 5) is 10.6. The van der Waals surface area contributed by atoms with Gasteiger partial charge in [-0.05, 0) is 41.7 Å². The molecule has 2 aromatic rings. The molecule has 0 aliphatic rings. The molecule has 0 unspecified atom stereocenters. The lowest BCUT2D eigenvalue weighted by Crippen LogP contribution is -2.04. The van der Waals surface area contributed by atoms with Gasteiger partial charge in [0.25, 0.3) is 0 Å². The van der Waals surface area contributed by atoms with Crippen LogP contribution in [0.5, 0.6) is 5.75 Å². The molecular weight excluding hydrogens is 240 g/mol. The van der Waals surface area contributed by atoms with Gasteiger partial charge in [0.15, 0.2) is 0 Å². The topological polar surface area (TPSA) is 46.5 Å². The fourth-order valence-corrected chi connectivity index (χ4v) is 2.05. The largest absolute Gasteiger partial charge is 0.511 e. The maximum atomic E-state index is 10.6. The van der Waals surface area contributed by atoms with E-state index in [4.69, 9.17) is 9.84 Å². The lowest BCUT2D eigenvalue weighted by atomic mass is 9.98. The predicted molar refractivity (Wildman–Crippen MR) is 74.6 cm³/mol. The quantitative estimate of drug-likeness (QED) is 0.658. The monoisotopic (exact) mass is 256 g/mol. The third-order valence-corrected chi connectivity index (χ3v) is 3.15. The Morgan fingerprint density at radius 1 is 1.16 bits per heavy atom. The maximum Gasteiger partial charge on any atom is 0.511 e. The van der Waals surface area contributed by atoms with Crippen LogP contribution in [0.25, 0.3) is 11.1 Å². The average molecular weight is 256 g/mol. The zero-order chi connectivity index (χ0) is 13.8. The minimum absolute atomic E-state index is 0.379. The van der Waals surface area contributed by atoms with Crippen molar-refractivity contribution in [2.24, 2.45) is 0 Å². The number of aryl methyl sites for hydroxylation is 1. The van der Waals surface area contributed by atoms with Crippen LogP contribution in [-0.2, 0) is 6.42 Å². The highest BCUT2D eigenvalue weighted by Gasteiger charge is 2.09. The minimum Gasteiger partial charge on any atom is -0.449 e. The van der Waals surface area contributed by atoms with Crippen molar-refractivity contribution in [1.82, 2.24) is 0 Å². The molecule has 0 aromatic heterocycles. The molecule has 0 radical (unpaired) electrons. The number of carboxylic acid groups (broad SMARTS) is 1. The minimum atomic E-state index is -1.29. The first-order valence-corrected chi connectivity index (χ1v) is 6.21. The molecule has 2 rings (SSSR count). The van der Waals surface area contributed by atoms with Crippen LogP contribution in [0.15, 0.2) is 42.5 Å². The smallest absolute Gasteiger partial charge is 0.449 e. The van der Waals surface area contributed by atoms with Crippen molar-refractivity contribution in [1.29, 1.82) is 0 Å². The molecule has 98 valence electrons. The molecule has 3 heteroatoms. The number of benzene rings is 2. The first kappa shape index (κ1) is 13.1. The van der Waals surface area contributed by atoms with Gasteiger partial charge in [0.2, 0.25) is 0 Å². The molecule has 0 aliphatic carbocycles. The third kappa shape index (κ3) is 2.94. The van der Waals surface area contributed by atoms with Crippen molar-refractivity contribution >= 4 is 6.16 Å². The molecule has 0 fully saturated rings. The number of hydrogen-bond donors (Lipinski definition) is 1. The zero-order valence-electron chi connectivity index (χ0n) is 11.0. The fraction of sp³-hybridized carbons (Fsp3) is 0.188. The molecule has 19 heavy (non-hydrogen) atoms. The molecule has 0 saturated carbocycles. The van der Waals surface area contributed by atoms with E-state index in [1.54, 1.807) is 12.1 Å². The van der Waals surface area contributed by atoms with Crippen LogP contribution in [-0.4, -0.2) is 11.3 Å². The fourth-order valence-electron chi connectivity index (χ4n) is 2.05. The Hall–Kier alpha value is -2.29. The van der Waals surface area contributed by atoms with E-state index < -0.39 is 6.16 Å². The standard InChI is InChI=1S/C16H16O3/c1-3-12-7-9-13(10-8-12)14-5-4-6-15(11(14)2)19-16(17)18/h4-10H,3H2,1-2H3,(H,17,18). The van der Waals surface area contributed by atoms with Gasteiger partial charge in [0.1, 0.15) is 5.75 Å². The Kier molecular flexibility index (Phi) is 3.85. The van der Waals surface area contributed by atoms with Crippen LogP contribution in [0.1, 0.15) is 18.1 Å². The van der Waals surface area contributed by atoms with Crippen molar-refractivity contribution in [3.63, 3.8) is 0 Å². The van der Waals surface area contributed by atoms with Gasteiger partial charge in [-0.3, -0.25) is 0 Å². The highest BCUT2D eigenvalue weighted by Crippen LogP contribution is 2.30. The van der Waals surface area contributed by atoms with Gasteiger partial charge in [-0.1, -0.05) is 43.3 Å². The Balaban J connectivity index is 2.41. The normalized spacial score (nSPS) is 10.2. The third-order valence-electron chi connectivity index (χ3n) is 3.15. The van der Waals surface area contributed by atoms with Gasteiger partial charge in [0.05, 0.1) is 0 Å². The Morgan fingerprint density at radius 2 is 1.84 bits per heavy atom. The predicted octanol–water partition coefficient (Wildman–Crippen LogP) is 4.28. The van der Waals surface area contributed by atoms with E-state index in [1.807, 2.05) is 25.1 Å². The zero-order valence-corrected chi connectivity index (χ0v) is 11.0. The summed E-state index contributed by atoms with van der Waals surface area (Å²) >= 11 is 0. The molecule has 0 aliphatic heterocycles. The summed E-state index contributed by atoms with van der Waals surface area (Å²) in [7, 11) is 0. The van der Waals surface area contributed by atoms with Gasteiger partial charge in [0, 0.05) is 0 Å². The summed E-state index contributed by atoms with van der Waals surface area (Å²) in [5, 5.41) is 8.70.